The van der Waals surface area contributed by atoms with Crippen molar-refractivity contribution >= 4 is 0 Å². The van der Waals surface area contributed by atoms with Crippen molar-refractivity contribution in [3.63, 3.8) is 0 Å². The smallest absolute Gasteiger partial charge is 0.145 e. The molecular formula is C16H19FN2. The third-order valence-electron chi connectivity index (χ3n) is 4.68. The molecule has 1 aliphatic carbocycles. The molecule has 0 bridgehead atoms. The minimum atomic E-state index is -0.329. The zero-order valence-electron chi connectivity index (χ0n) is 11.1. The first kappa shape index (κ1) is 12.6. The lowest BCUT2D eigenvalue weighted by atomic mass is 9.91. The van der Waals surface area contributed by atoms with Crippen LogP contribution in [0.15, 0.2) is 18.2 Å². The van der Waals surface area contributed by atoms with E-state index in [-0.39, 0.29) is 11.4 Å². The average Bonchev–Trinajstić information content (AvgIpc) is 2.90. The highest BCUT2D eigenvalue weighted by atomic mass is 19.1. The fourth-order valence-electron chi connectivity index (χ4n) is 3.76. The summed E-state index contributed by atoms with van der Waals surface area (Å²) < 4.78 is 14.1. The van der Waals surface area contributed by atoms with Gasteiger partial charge in [0.1, 0.15) is 11.9 Å². The molecule has 0 aromatic heterocycles. The van der Waals surface area contributed by atoms with Gasteiger partial charge in [-0.05, 0) is 44.2 Å². The summed E-state index contributed by atoms with van der Waals surface area (Å²) >= 11 is 0. The van der Waals surface area contributed by atoms with Crippen molar-refractivity contribution in [3.8, 4) is 6.07 Å². The van der Waals surface area contributed by atoms with Gasteiger partial charge in [-0.2, -0.15) is 5.26 Å². The summed E-state index contributed by atoms with van der Waals surface area (Å²) in [5.41, 5.74) is 0.837. The Balaban J connectivity index is 1.79. The van der Waals surface area contributed by atoms with Gasteiger partial charge in [-0.25, -0.2) is 4.39 Å². The summed E-state index contributed by atoms with van der Waals surface area (Å²) in [6.07, 6.45) is 6.46. The van der Waals surface area contributed by atoms with Crippen LogP contribution in [-0.4, -0.2) is 17.5 Å². The number of rotatable bonds is 2. The summed E-state index contributed by atoms with van der Waals surface area (Å²) in [5.74, 6) is 0.487. The number of hydrogen-bond donors (Lipinski definition) is 0. The fourth-order valence-corrected chi connectivity index (χ4v) is 3.76. The van der Waals surface area contributed by atoms with Crippen LogP contribution >= 0.6 is 0 Å². The summed E-state index contributed by atoms with van der Waals surface area (Å²) in [4.78, 5) is 2.43. The van der Waals surface area contributed by atoms with Crippen molar-refractivity contribution in [1.82, 2.24) is 4.90 Å². The highest BCUT2D eigenvalue weighted by Crippen LogP contribution is 2.37. The van der Waals surface area contributed by atoms with Gasteiger partial charge < -0.3 is 0 Å². The van der Waals surface area contributed by atoms with E-state index in [2.05, 4.69) is 4.90 Å². The van der Waals surface area contributed by atoms with Gasteiger partial charge in [0, 0.05) is 18.2 Å². The Kier molecular flexibility index (Phi) is 3.52. The number of hydrogen-bond acceptors (Lipinski definition) is 2. The molecule has 0 amide bonds. The van der Waals surface area contributed by atoms with Gasteiger partial charge in [0.15, 0.2) is 0 Å². The molecular weight excluding hydrogens is 239 g/mol. The van der Waals surface area contributed by atoms with Crippen molar-refractivity contribution in [3.05, 3.63) is 35.1 Å². The Labute approximate surface area is 113 Å². The maximum atomic E-state index is 14.1. The minimum absolute atomic E-state index is 0.164. The lowest BCUT2D eigenvalue weighted by Gasteiger charge is -2.37. The van der Waals surface area contributed by atoms with E-state index in [0.717, 1.165) is 12.5 Å². The Bertz CT molecular complexity index is 506. The molecule has 100 valence electrons. The van der Waals surface area contributed by atoms with Gasteiger partial charge in [-0.3, -0.25) is 4.90 Å². The van der Waals surface area contributed by atoms with Crippen molar-refractivity contribution in [1.29, 1.82) is 5.26 Å². The Hall–Kier alpha value is -1.40. The highest BCUT2D eigenvalue weighted by molar-refractivity contribution is 5.35. The molecule has 2 fully saturated rings. The first-order valence-electron chi connectivity index (χ1n) is 7.21. The third-order valence-corrected chi connectivity index (χ3v) is 4.68. The van der Waals surface area contributed by atoms with Crippen LogP contribution in [0.1, 0.15) is 43.2 Å². The number of piperidine rings is 1. The Morgan fingerprint density at radius 2 is 2.11 bits per heavy atom. The molecule has 19 heavy (non-hydrogen) atoms. The van der Waals surface area contributed by atoms with Crippen LogP contribution in [0.5, 0.6) is 0 Å². The Morgan fingerprint density at radius 1 is 1.26 bits per heavy atom. The van der Waals surface area contributed by atoms with Crippen LogP contribution in [0.4, 0.5) is 4.39 Å². The first-order chi connectivity index (χ1) is 9.29. The van der Waals surface area contributed by atoms with Crippen molar-refractivity contribution < 1.29 is 4.39 Å². The SMILES string of the molecule is N#Cc1cccc(CN2CCCC3CCCC32)c1F. The minimum Gasteiger partial charge on any atom is -0.296 e. The molecule has 1 heterocycles. The zero-order chi connectivity index (χ0) is 13.2. The molecule has 1 saturated carbocycles. The standard InChI is InChI=1S/C16H19FN2/c17-16-13(10-18)5-1-6-14(16)11-19-9-3-7-12-4-2-8-15(12)19/h1,5-6,12,15H,2-4,7-9,11H2. The lowest BCUT2D eigenvalue weighted by Crippen LogP contribution is -2.42. The van der Waals surface area contributed by atoms with Crippen molar-refractivity contribution in [2.45, 2.75) is 44.7 Å². The molecule has 1 saturated heterocycles. The number of nitriles is 1. The second-order valence-corrected chi connectivity index (χ2v) is 5.76. The van der Waals surface area contributed by atoms with Gasteiger partial charge in [0.25, 0.3) is 0 Å². The second kappa shape index (κ2) is 5.30. The maximum absolute atomic E-state index is 14.1. The van der Waals surface area contributed by atoms with Crippen LogP contribution in [0, 0.1) is 23.1 Å². The van der Waals surface area contributed by atoms with Gasteiger partial charge in [-0.15, -0.1) is 0 Å². The topological polar surface area (TPSA) is 27.0 Å². The first-order valence-corrected chi connectivity index (χ1v) is 7.21. The number of halogens is 1. The summed E-state index contributed by atoms with van der Waals surface area (Å²) in [6, 6.07) is 7.71. The van der Waals surface area contributed by atoms with E-state index in [1.54, 1.807) is 12.1 Å². The van der Waals surface area contributed by atoms with Crippen LogP contribution in [0.25, 0.3) is 0 Å². The van der Waals surface area contributed by atoms with Gasteiger partial charge in [-0.1, -0.05) is 18.6 Å². The highest BCUT2D eigenvalue weighted by Gasteiger charge is 2.35. The van der Waals surface area contributed by atoms with E-state index in [0.29, 0.717) is 18.2 Å². The molecule has 0 radical (unpaired) electrons. The van der Waals surface area contributed by atoms with Crippen LogP contribution in [0.3, 0.4) is 0 Å². The fraction of sp³-hybridized carbons (Fsp3) is 0.562. The molecule has 2 atom stereocenters. The molecule has 2 nitrogen and oxygen atoms in total. The Morgan fingerprint density at radius 3 is 2.95 bits per heavy atom. The molecule has 1 aliphatic heterocycles. The van der Waals surface area contributed by atoms with Gasteiger partial charge in [0.05, 0.1) is 5.56 Å². The molecule has 0 spiro atoms. The molecule has 1 aromatic rings. The second-order valence-electron chi connectivity index (χ2n) is 5.76. The average molecular weight is 258 g/mol. The normalized spacial score (nSPS) is 26.9. The van der Waals surface area contributed by atoms with E-state index in [9.17, 15) is 4.39 Å². The number of likely N-dealkylation sites (tertiary alicyclic amines) is 1. The zero-order valence-corrected chi connectivity index (χ0v) is 11.1. The summed E-state index contributed by atoms with van der Waals surface area (Å²) in [5, 5.41) is 8.90. The molecule has 3 heteroatoms. The number of fused-ring (bicyclic) bond motifs is 1. The quantitative estimate of drug-likeness (QED) is 0.812. The molecule has 1 aromatic carbocycles. The third kappa shape index (κ3) is 2.37. The van der Waals surface area contributed by atoms with Crippen molar-refractivity contribution in [2.24, 2.45) is 5.92 Å². The monoisotopic (exact) mass is 258 g/mol. The van der Waals surface area contributed by atoms with E-state index >= 15 is 0 Å². The van der Waals surface area contributed by atoms with E-state index < -0.39 is 0 Å². The van der Waals surface area contributed by atoms with E-state index in [1.807, 2.05) is 12.1 Å². The van der Waals surface area contributed by atoms with Gasteiger partial charge in [0.2, 0.25) is 0 Å². The summed E-state index contributed by atoms with van der Waals surface area (Å²) in [6.45, 7) is 1.72. The molecule has 2 unspecified atom stereocenters. The predicted molar refractivity (Wildman–Crippen MR) is 71.9 cm³/mol. The number of benzene rings is 1. The van der Waals surface area contributed by atoms with Crippen LogP contribution in [-0.2, 0) is 6.54 Å². The van der Waals surface area contributed by atoms with E-state index in [4.69, 9.17) is 5.26 Å². The maximum Gasteiger partial charge on any atom is 0.145 e. The summed E-state index contributed by atoms with van der Waals surface area (Å²) in [7, 11) is 0. The predicted octanol–water partition coefficient (Wildman–Crippen LogP) is 3.46. The van der Waals surface area contributed by atoms with Crippen LogP contribution < -0.4 is 0 Å². The van der Waals surface area contributed by atoms with Crippen molar-refractivity contribution in [2.75, 3.05) is 6.54 Å². The number of nitrogens with zero attached hydrogens (tertiary/aromatic N) is 2. The molecule has 2 aliphatic rings. The molecule has 3 rings (SSSR count). The molecule has 0 N–H and O–H groups in total. The van der Waals surface area contributed by atoms with Gasteiger partial charge >= 0.3 is 0 Å². The largest absolute Gasteiger partial charge is 0.296 e. The lowest BCUT2D eigenvalue weighted by molar-refractivity contribution is 0.104. The van der Waals surface area contributed by atoms with Crippen LogP contribution in [0.2, 0.25) is 0 Å². The van der Waals surface area contributed by atoms with E-state index in [1.165, 1.54) is 32.1 Å².